The molecule has 0 aliphatic carbocycles. The summed E-state index contributed by atoms with van der Waals surface area (Å²) in [6.45, 7) is 2.61. The molecule has 8 bridgehead atoms. The lowest BCUT2D eigenvalue weighted by Gasteiger charge is -2.44. The summed E-state index contributed by atoms with van der Waals surface area (Å²) in [5, 5.41) is 14.6. The summed E-state index contributed by atoms with van der Waals surface area (Å²) >= 11 is 0. The molecule has 0 saturated heterocycles. The number of hydrogen-bond donors (Lipinski definition) is 1. The molecule has 0 spiro atoms. The molecule has 2 atom stereocenters. The lowest BCUT2D eigenvalue weighted by Crippen LogP contribution is -2.55. The molecule has 4 aliphatic rings. The third kappa shape index (κ3) is 9.77. The van der Waals surface area contributed by atoms with E-state index in [9.17, 15) is 24.3 Å². The number of aromatic hydroxyl groups is 1. The fourth-order valence-electron chi connectivity index (χ4n) is 9.35. The Morgan fingerprint density at radius 3 is 1.51 bits per heavy atom. The van der Waals surface area contributed by atoms with Crippen molar-refractivity contribution in [3.63, 3.8) is 0 Å². The van der Waals surface area contributed by atoms with Gasteiger partial charge in [0.1, 0.15) is 31.4 Å². The highest BCUT2D eigenvalue weighted by Crippen LogP contribution is 2.36. The summed E-state index contributed by atoms with van der Waals surface area (Å²) in [5.41, 5.74) is 4.24. The zero-order valence-corrected chi connectivity index (χ0v) is 38.9. The van der Waals surface area contributed by atoms with Gasteiger partial charge in [-0.2, -0.15) is 0 Å². The highest BCUT2D eigenvalue weighted by atomic mass is 16.5. The maximum absolute atomic E-state index is 13.9. The molecule has 14 heteroatoms. The number of fused-ring (bicyclic) bond motifs is 12. The van der Waals surface area contributed by atoms with Gasteiger partial charge in [0.15, 0.2) is 22.9 Å². The van der Waals surface area contributed by atoms with Crippen molar-refractivity contribution in [2.24, 2.45) is 0 Å². The van der Waals surface area contributed by atoms with Crippen molar-refractivity contribution in [2.45, 2.75) is 31.5 Å². The van der Waals surface area contributed by atoms with Crippen molar-refractivity contribution >= 4 is 11.8 Å². The largest absolute Gasteiger partial charge is 0.502 e. The number of carbonyl (C=O) groups excluding carboxylic acids is 2. The average molecular weight is 949 g/mol. The molecule has 6 heterocycles. The van der Waals surface area contributed by atoms with Crippen molar-refractivity contribution in [3.05, 3.63) is 248 Å². The van der Waals surface area contributed by atoms with E-state index in [1.54, 1.807) is 31.5 Å². The number of amides is 2. The Hall–Kier alpha value is -8.78. The quantitative estimate of drug-likeness (QED) is 0.169. The first-order valence-electron chi connectivity index (χ1n) is 23.7. The first kappa shape index (κ1) is 46.0. The molecule has 0 radical (unpaired) electrons. The Labute approximate surface area is 410 Å². The molecule has 0 saturated carbocycles. The van der Waals surface area contributed by atoms with Crippen LogP contribution < -0.4 is 35.1 Å². The van der Waals surface area contributed by atoms with Crippen LogP contribution >= 0.6 is 0 Å². The Kier molecular flexibility index (Phi) is 13.5. The predicted molar refractivity (Wildman–Crippen MR) is 270 cm³/mol. The van der Waals surface area contributed by atoms with E-state index in [-0.39, 0.29) is 59.7 Å². The van der Waals surface area contributed by atoms with Crippen LogP contribution in [0.5, 0.6) is 23.0 Å². The van der Waals surface area contributed by atoms with E-state index in [1.807, 2.05) is 145 Å². The number of carbonyl (C=O) groups is 2. The molecule has 4 aliphatic heterocycles. The maximum Gasteiger partial charge on any atom is 0.278 e. The number of benzene rings is 5. The van der Waals surface area contributed by atoms with Crippen molar-refractivity contribution in [3.8, 4) is 23.0 Å². The summed E-state index contributed by atoms with van der Waals surface area (Å²) in [6.07, 6.45) is 12.5. The number of pyridine rings is 2. The summed E-state index contributed by atoms with van der Waals surface area (Å²) in [6, 6.07) is 47.9. The minimum atomic E-state index is -0.577. The number of ether oxygens (including phenoxy) is 3. The maximum atomic E-state index is 13.9. The second-order valence-corrected chi connectivity index (χ2v) is 17.4. The van der Waals surface area contributed by atoms with E-state index >= 15 is 0 Å². The molecule has 11 rings (SSSR count). The van der Waals surface area contributed by atoms with Crippen molar-refractivity contribution < 1.29 is 28.9 Å². The Morgan fingerprint density at radius 2 is 0.972 bits per heavy atom. The van der Waals surface area contributed by atoms with Crippen LogP contribution in [0.2, 0.25) is 0 Å². The molecule has 71 heavy (non-hydrogen) atoms. The first-order chi connectivity index (χ1) is 34.8. The monoisotopic (exact) mass is 948 g/mol. The third-order valence-electron chi connectivity index (χ3n) is 12.7. The van der Waals surface area contributed by atoms with Crippen LogP contribution in [-0.2, 0) is 6.61 Å². The summed E-state index contributed by atoms with van der Waals surface area (Å²) in [4.78, 5) is 55.8. The van der Waals surface area contributed by atoms with Gasteiger partial charge in [0, 0.05) is 37.6 Å². The summed E-state index contributed by atoms with van der Waals surface area (Å²) < 4.78 is 21.5. The van der Waals surface area contributed by atoms with E-state index in [0.717, 1.165) is 45.7 Å². The number of nitrogens with zero attached hydrogens (tertiary/aromatic N) is 6. The van der Waals surface area contributed by atoms with Crippen LogP contribution in [0.4, 0.5) is 0 Å². The number of hydrogen-bond acceptors (Lipinski definition) is 10. The van der Waals surface area contributed by atoms with Gasteiger partial charge in [0.2, 0.25) is 10.9 Å². The lowest BCUT2D eigenvalue weighted by molar-refractivity contribution is 0.0692. The van der Waals surface area contributed by atoms with Gasteiger partial charge in [-0.15, -0.1) is 0 Å². The van der Waals surface area contributed by atoms with Crippen LogP contribution in [0.1, 0.15) is 73.7 Å². The fraction of sp³-hybridized carbons (Fsp3) is 0.193. The van der Waals surface area contributed by atoms with E-state index in [1.165, 1.54) is 12.1 Å². The van der Waals surface area contributed by atoms with Gasteiger partial charge in [-0.3, -0.25) is 38.5 Å². The van der Waals surface area contributed by atoms with E-state index in [4.69, 9.17) is 14.2 Å². The third-order valence-corrected chi connectivity index (χ3v) is 12.7. The summed E-state index contributed by atoms with van der Waals surface area (Å²) in [5.74, 6) is 0.445. The molecule has 0 fully saturated rings. The van der Waals surface area contributed by atoms with Gasteiger partial charge in [-0.05, 0) is 64.9 Å². The first-order valence-corrected chi connectivity index (χ1v) is 23.7. The minimum Gasteiger partial charge on any atom is -0.502 e. The van der Waals surface area contributed by atoms with Crippen LogP contribution in [0, 0.1) is 0 Å². The molecule has 5 aromatic carbocycles. The number of rotatable bonds is 5. The molecule has 358 valence electrons. The highest BCUT2D eigenvalue weighted by molar-refractivity contribution is 5.97. The molecular formula is C57H52N6O8. The molecule has 1 N–H and O–H groups in total. The molecule has 7 aromatic rings. The smallest absolute Gasteiger partial charge is 0.278 e. The second-order valence-electron chi connectivity index (χ2n) is 17.4. The van der Waals surface area contributed by atoms with Gasteiger partial charge < -0.3 is 29.1 Å². The van der Waals surface area contributed by atoms with E-state index < -0.39 is 11.2 Å². The topological polar surface area (TPSA) is 139 Å². The summed E-state index contributed by atoms with van der Waals surface area (Å²) in [7, 11) is 0. The standard InChI is InChI=1S/C32H29N3O4.C25H23N3O4/c36-28-17-19-34-30(31(28)39-22-24-11-4-1-5-12-24)32(37)33-18-8-3-9-20-38-27-16-10-15-26(21-27)29(35(34)23-33)25-13-6-2-7-14-25;29-21-12-14-27-23(24(21)30)25(31)26-13-5-2-6-15-32-20-11-7-10-19(16-20)22(28(27)17-26)18-8-3-1-4-9-18/h1-8,10-17,19,21,29H,9,18,20,22-23H2;1-5,7-12,14,16,22,30H,6,13,15,17H2/b8-3+;5-2+. The van der Waals surface area contributed by atoms with Crippen LogP contribution in [0.3, 0.4) is 0 Å². The zero-order chi connectivity index (χ0) is 48.7. The zero-order valence-electron chi connectivity index (χ0n) is 38.9. The van der Waals surface area contributed by atoms with Gasteiger partial charge >= 0.3 is 0 Å². The SMILES string of the molecule is O=C1c2c(O)c(=O)ccn2N2CN1C/C=C/CCOc1cccc(c1)C2c1ccccc1.O=C1c2c(OCc3ccccc3)c(=O)ccn2N2CN1C/C=C/CCOc1cccc(c1)C2c1ccccc1. The normalized spacial score (nSPS) is 18.3. The van der Waals surface area contributed by atoms with Crippen LogP contribution in [-0.4, -0.2) is 75.7 Å². The Balaban J connectivity index is 0.000000167. The molecule has 2 unspecified atom stereocenters. The molecular weight excluding hydrogens is 897 g/mol. The van der Waals surface area contributed by atoms with Gasteiger partial charge in [-0.1, -0.05) is 140 Å². The Morgan fingerprint density at radius 1 is 0.507 bits per heavy atom. The molecule has 14 nitrogen and oxygen atoms in total. The average Bonchev–Trinajstić information content (AvgIpc) is 3.41. The van der Waals surface area contributed by atoms with E-state index in [0.29, 0.717) is 39.4 Å². The molecule has 2 amide bonds. The van der Waals surface area contributed by atoms with E-state index in [2.05, 4.69) is 29.3 Å². The minimum absolute atomic E-state index is 0.0274. The number of aromatic nitrogens is 2. The van der Waals surface area contributed by atoms with Crippen LogP contribution in [0.25, 0.3) is 0 Å². The lowest BCUT2D eigenvalue weighted by atomic mass is 9.97. The van der Waals surface area contributed by atoms with Crippen molar-refractivity contribution in [2.75, 3.05) is 49.7 Å². The van der Waals surface area contributed by atoms with Crippen molar-refractivity contribution in [1.29, 1.82) is 0 Å². The Bertz CT molecular complexity index is 3210. The van der Waals surface area contributed by atoms with Gasteiger partial charge in [-0.25, -0.2) is 0 Å². The fourth-order valence-corrected chi connectivity index (χ4v) is 9.35. The van der Waals surface area contributed by atoms with Gasteiger partial charge in [0.25, 0.3) is 11.8 Å². The highest BCUT2D eigenvalue weighted by Gasteiger charge is 2.38. The molecule has 2 aromatic heterocycles. The van der Waals surface area contributed by atoms with Crippen LogP contribution in [0.15, 0.2) is 198 Å². The van der Waals surface area contributed by atoms with Gasteiger partial charge in [0.05, 0.1) is 25.3 Å². The predicted octanol–water partition coefficient (Wildman–Crippen LogP) is 7.94. The van der Waals surface area contributed by atoms with Crippen molar-refractivity contribution in [1.82, 2.24) is 19.2 Å². The second kappa shape index (κ2) is 20.8.